The number of hydrogen-bond acceptors (Lipinski definition) is 5. The van der Waals surface area contributed by atoms with Gasteiger partial charge in [0, 0.05) is 25.1 Å². The highest BCUT2D eigenvalue weighted by molar-refractivity contribution is 5.91. The van der Waals surface area contributed by atoms with E-state index in [2.05, 4.69) is 20.2 Å². The lowest BCUT2D eigenvalue weighted by Gasteiger charge is -2.27. The molecular formula is C15H22N4O2. The molecule has 0 aromatic carbocycles. The summed E-state index contributed by atoms with van der Waals surface area (Å²) in [5, 5.41) is 2.94. The third-order valence-electron chi connectivity index (χ3n) is 4.21. The van der Waals surface area contributed by atoms with Crippen molar-refractivity contribution in [3.05, 3.63) is 12.4 Å². The third-order valence-corrected chi connectivity index (χ3v) is 4.21. The summed E-state index contributed by atoms with van der Waals surface area (Å²) in [5.74, 6) is 1.69. The maximum Gasteiger partial charge on any atom is 0.228 e. The number of hydrogen-bond donors (Lipinski definition) is 1. The molecule has 1 aliphatic carbocycles. The van der Waals surface area contributed by atoms with Gasteiger partial charge in [0.15, 0.2) is 0 Å². The smallest absolute Gasteiger partial charge is 0.228 e. The lowest BCUT2D eigenvalue weighted by molar-refractivity contribution is -0.120. The van der Waals surface area contributed by atoms with E-state index in [9.17, 15) is 4.79 Å². The second-order valence-corrected chi connectivity index (χ2v) is 5.69. The molecule has 2 fully saturated rings. The zero-order chi connectivity index (χ0) is 14.5. The highest BCUT2D eigenvalue weighted by atomic mass is 16.5. The molecular weight excluding hydrogens is 268 g/mol. The molecule has 0 bridgehead atoms. The highest BCUT2D eigenvalue weighted by Crippen LogP contribution is 2.25. The number of morpholine rings is 1. The Bertz CT molecular complexity index is 482. The molecule has 6 heteroatoms. The van der Waals surface area contributed by atoms with Gasteiger partial charge in [-0.2, -0.15) is 0 Å². The first-order valence-electron chi connectivity index (χ1n) is 7.78. The molecule has 1 aromatic rings. The van der Waals surface area contributed by atoms with Crippen molar-refractivity contribution in [2.75, 3.05) is 36.5 Å². The van der Waals surface area contributed by atoms with Crippen LogP contribution in [0.25, 0.3) is 0 Å². The summed E-state index contributed by atoms with van der Waals surface area (Å²) in [6, 6.07) is 1.85. The Kier molecular flexibility index (Phi) is 4.65. The van der Waals surface area contributed by atoms with Crippen molar-refractivity contribution in [3.63, 3.8) is 0 Å². The SMILES string of the molecule is O=C(Nc1cc(N2CCOCC2)ncn1)C1CCCCC1. The number of carbonyl (C=O) groups excluding carboxylic acids is 1. The molecule has 0 atom stereocenters. The Morgan fingerprint density at radius 1 is 1.19 bits per heavy atom. The number of nitrogens with one attached hydrogen (secondary N) is 1. The molecule has 0 spiro atoms. The zero-order valence-electron chi connectivity index (χ0n) is 12.3. The first-order valence-corrected chi connectivity index (χ1v) is 7.78. The largest absolute Gasteiger partial charge is 0.378 e. The summed E-state index contributed by atoms with van der Waals surface area (Å²) in [6.07, 6.45) is 7.06. The van der Waals surface area contributed by atoms with Crippen LogP contribution in [0.15, 0.2) is 12.4 Å². The average molecular weight is 290 g/mol. The first-order chi connectivity index (χ1) is 10.3. The molecule has 2 aliphatic rings. The van der Waals surface area contributed by atoms with E-state index in [-0.39, 0.29) is 11.8 Å². The van der Waals surface area contributed by atoms with Crippen molar-refractivity contribution < 1.29 is 9.53 Å². The standard InChI is InChI=1S/C15H22N4O2/c20-15(12-4-2-1-3-5-12)18-13-10-14(17-11-16-13)19-6-8-21-9-7-19/h10-12H,1-9H2,(H,16,17,18,20). The van der Waals surface area contributed by atoms with Crippen molar-refractivity contribution in [1.82, 2.24) is 9.97 Å². The van der Waals surface area contributed by atoms with E-state index in [1.165, 1.54) is 12.7 Å². The molecule has 1 saturated heterocycles. The Hall–Kier alpha value is -1.69. The van der Waals surface area contributed by atoms with Gasteiger partial charge in [-0.05, 0) is 12.8 Å². The fraction of sp³-hybridized carbons (Fsp3) is 0.667. The number of anilines is 2. The minimum Gasteiger partial charge on any atom is -0.378 e. The number of nitrogens with zero attached hydrogens (tertiary/aromatic N) is 3. The van der Waals surface area contributed by atoms with Gasteiger partial charge in [-0.3, -0.25) is 4.79 Å². The fourth-order valence-electron chi connectivity index (χ4n) is 2.97. The van der Waals surface area contributed by atoms with Gasteiger partial charge in [-0.1, -0.05) is 19.3 Å². The van der Waals surface area contributed by atoms with E-state index < -0.39 is 0 Å². The maximum atomic E-state index is 12.2. The summed E-state index contributed by atoms with van der Waals surface area (Å²) in [4.78, 5) is 22.9. The molecule has 2 heterocycles. The molecule has 1 N–H and O–H groups in total. The van der Waals surface area contributed by atoms with E-state index in [1.54, 1.807) is 0 Å². The van der Waals surface area contributed by atoms with Crippen LogP contribution in [0.1, 0.15) is 32.1 Å². The van der Waals surface area contributed by atoms with E-state index in [0.29, 0.717) is 19.0 Å². The van der Waals surface area contributed by atoms with Crippen molar-refractivity contribution in [3.8, 4) is 0 Å². The van der Waals surface area contributed by atoms with Gasteiger partial charge >= 0.3 is 0 Å². The predicted molar refractivity (Wildman–Crippen MR) is 80.3 cm³/mol. The van der Waals surface area contributed by atoms with Crippen LogP contribution in [0.3, 0.4) is 0 Å². The Labute approximate surface area is 124 Å². The third kappa shape index (κ3) is 3.69. The molecule has 1 aromatic heterocycles. The first kappa shape index (κ1) is 14.3. The molecule has 0 unspecified atom stereocenters. The maximum absolute atomic E-state index is 12.2. The summed E-state index contributed by atoms with van der Waals surface area (Å²) < 4.78 is 5.34. The summed E-state index contributed by atoms with van der Waals surface area (Å²) >= 11 is 0. The fourth-order valence-corrected chi connectivity index (χ4v) is 2.97. The second kappa shape index (κ2) is 6.85. The Morgan fingerprint density at radius 3 is 2.71 bits per heavy atom. The van der Waals surface area contributed by atoms with Crippen LogP contribution < -0.4 is 10.2 Å². The number of amides is 1. The Morgan fingerprint density at radius 2 is 1.95 bits per heavy atom. The summed E-state index contributed by atoms with van der Waals surface area (Å²) in [5.41, 5.74) is 0. The van der Waals surface area contributed by atoms with Crippen LogP contribution in [0, 0.1) is 5.92 Å². The molecule has 114 valence electrons. The number of carbonyl (C=O) groups is 1. The molecule has 1 saturated carbocycles. The van der Waals surface area contributed by atoms with Crippen molar-refractivity contribution >= 4 is 17.5 Å². The normalized spacial score (nSPS) is 20.3. The van der Waals surface area contributed by atoms with Crippen molar-refractivity contribution in [2.45, 2.75) is 32.1 Å². The molecule has 0 radical (unpaired) electrons. The van der Waals surface area contributed by atoms with Gasteiger partial charge in [0.2, 0.25) is 5.91 Å². The topological polar surface area (TPSA) is 67.4 Å². The van der Waals surface area contributed by atoms with Crippen LogP contribution in [-0.4, -0.2) is 42.2 Å². The summed E-state index contributed by atoms with van der Waals surface area (Å²) in [6.45, 7) is 3.08. The zero-order valence-corrected chi connectivity index (χ0v) is 12.3. The van der Waals surface area contributed by atoms with Crippen molar-refractivity contribution in [2.24, 2.45) is 5.92 Å². The molecule has 1 aliphatic heterocycles. The monoisotopic (exact) mass is 290 g/mol. The van der Waals surface area contributed by atoms with Gasteiger partial charge in [0.1, 0.15) is 18.0 Å². The van der Waals surface area contributed by atoms with Crippen LogP contribution in [-0.2, 0) is 9.53 Å². The Balaban J connectivity index is 1.63. The van der Waals surface area contributed by atoms with Crippen molar-refractivity contribution in [1.29, 1.82) is 0 Å². The lowest BCUT2D eigenvalue weighted by atomic mass is 9.89. The van der Waals surface area contributed by atoms with Gasteiger partial charge in [-0.15, -0.1) is 0 Å². The average Bonchev–Trinajstić information content (AvgIpc) is 2.57. The van der Waals surface area contributed by atoms with E-state index >= 15 is 0 Å². The van der Waals surface area contributed by atoms with Gasteiger partial charge in [0.25, 0.3) is 0 Å². The molecule has 6 nitrogen and oxygen atoms in total. The lowest BCUT2D eigenvalue weighted by Crippen LogP contribution is -2.36. The molecule has 21 heavy (non-hydrogen) atoms. The van der Waals surface area contributed by atoms with Gasteiger partial charge in [0.05, 0.1) is 13.2 Å². The molecule has 1 amide bonds. The highest BCUT2D eigenvalue weighted by Gasteiger charge is 2.21. The number of aromatic nitrogens is 2. The minimum atomic E-state index is 0.0985. The van der Waals surface area contributed by atoms with Crippen LogP contribution in [0.2, 0.25) is 0 Å². The second-order valence-electron chi connectivity index (χ2n) is 5.69. The quantitative estimate of drug-likeness (QED) is 0.920. The van der Waals surface area contributed by atoms with Crippen LogP contribution in [0.4, 0.5) is 11.6 Å². The number of rotatable bonds is 3. The van der Waals surface area contributed by atoms with Crippen LogP contribution in [0.5, 0.6) is 0 Å². The van der Waals surface area contributed by atoms with E-state index in [1.807, 2.05) is 6.07 Å². The van der Waals surface area contributed by atoms with E-state index in [0.717, 1.165) is 44.6 Å². The summed E-state index contributed by atoms with van der Waals surface area (Å²) in [7, 11) is 0. The van der Waals surface area contributed by atoms with Gasteiger partial charge < -0.3 is 15.0 Å². The number of ether oxygens (including phenoxy) is 1. The van der Waals surface area contributed by atoms with Gasteiger partial charge in [-0.25, -0.2) is 9.97 Å². The van der Waals surface area contributed by atoms with Crippen LogP contribution >= 0.6 is 0 Å². The minimum absolute atomic E-state index is 0.0985. The predicted octanol–water partition coefficient (Wildman–Crippen LogP) is 1.83. The molecule has 3 rings (SSSR count). The van der Waals surface area contributed by atoms with E-state index in [4.69, 9.17) is 4.74 Å².